The summed E-state index contributed by atoms with van der Waals surface area (Å²) in [5.74, 6) is 0.999. The van der Waals surface area contributed by atoms with Gasteiger partial charge in [0.1, 0.15) is 23.1 Å². The molecule has 2 aromatic carbocycles. The second kappa shape index (κ2) is 9.14. The molecule has 0 aliphatic carbocycles. The zero-order chi connectivity index (χ0) is 18.1. The first-order valence-electron chi connectivity index (χ1n) is 7.96. The highest BCUT2D eigenvalue weighted by molar-refractivity contribution is 6.09. The van der Waals surface area contributed by atoms with Crippen LogP contribution in [0, 0.1) is 11.3 Å². The van der Waals surface area contributed by atoms with E-state index in [4.69, 9.17) is 9.47 Å². The largest absolute Gasteiger partial charge is 0.497 e. The number of hydrogen-bond donors (Lipinski definition) is 1. The molecule has 0 aliphatic heterocycles. The lowest BCUT2D eigenvalue weighted by Crippen LogP contribution is -2.13. The fourth-order valence-corrected chi connectivity index (χ4v) is 2.07. The van der Waals surface area contributed by atoms with Crippen molar-refractivity contribution in [2.45, 2.75) is 13.3 Å². The van der Waals surface area contributed by atoms with E-state index in [0.29, 0.717) is 18.0 Å². The summed E-state index contributed by atoms with van der Waals surface area (Å²) < 4.78 is 10.6. The van der Waals surface area contributed by atoms with Gasteiger partial charge in [0.2, 0.25) is 0 Å². The molecule has 128 valence electrons. The first-order valence-corrected chi connectivity index (χ1v) is 7.96. The average molecular weight is 336 g/mol. The molecule has 0 saturated heterocycles. The van der Waals surface area contributed by atoms with Gasteiger partial charge in [-0.3, -0.25) is 4.79 Å². The van der Waals surface area contributed by atoms with Gasteiger partial charge in [-0.25, -0.2) is 0 Å². The van der Waals surface area contributed by atoms with Crippen LogP contribution in [0.3, 0.4) is 0 Å². The van der Waals surface area contributed by atoms with Gasteiger partial charge in [0.15, 0.2) is 0 Å². The lowest BCUT2D eigenvalue weighted by Gasteiger charge is -2.06. The van der Waals surface area contributed by atoms with Gasteiger partial charge in [0, 0.05) is 5.69 Å². The Kier molecular flexibility index (Phi) is 6.61. The van der Waals surface area contributed by atoms with Crippen LogP contribution < -0.4 is 14.8 Å². The average Bonchev–Trinajstić information content (AvgIpc) is 2.65. The van der Waals surface area contributed by atoms with Crippen LogP contribution in [0.2, 0.25) is 0 Å². The Bertz CT molecular complexity index is 772. The molecule has 0 atom stereocenters. The van der Waals surface area contributed by atoms with E-state index in [-0.39, 0.29) is 5.57 Å². The second-order valence-corrected chi connectivity index (χ2v) is 5.27. The molecule has 0 unspecified atom stereocenters. The van der Waals surface area contributed by atoms with Crippen molar-refractivity contribution >= 4 is 17.7 Å². The SMILES string of the molecule is CCCOc1ccc(C=C(C#N)C(=O)Nc2ccc(OC)cc2)cc1. The van der Waals surface area contributed by atoms with Crippen molar-refractivity contribution in [3.05, 3.63) is 59.7 Å². The van der Waals surface area contributed by atoms with Crippen molar-refractivity contribution in [1.29, 1.82) is 5.26 Å². The van der Waals surface area contributed by atoms with Crippen LogP contribution in [0.4, 0.5) is 5.69 Å². The molecule has 0 aromatic heterocycles. The Hall–Kier alpha value is -3.26. The van der Waals surface area contributed by atoms with E-state index < -0.39 is 5.91 Å². The van der Waals surface area contributed by atoms with Gasteiger partial charge in [-0.05, 0) is 54.5 Å². The number of hydrogen-bond acceptors (Lipinski definition) is 4. The molecule has 2 aromatic rings. The van der Waals surface area contributed by atoms with Gasteiger partial charge < -0.3 is 14.8 Å². The lowest BCUT2D eigenvalue weighted by molar-refractivity contribution is -0.112. The number of carbonyl (C=O) groups is 1. The maximum Gasteiger partial charge on any atom is 0.266 e. The fourth-order valence-electron chi connectivity index (χ4n) is 2.07. The molecule has 0 fully saturated rings. The number of nitrogens with zero attached hydrogens (tertiary/aromatic N) is 1. The van der Waals surface area contributed by atoms with Gasteiger partial charge in [-0.15, -0.1) is 0 Å². The molecule has 0 saturated carbocycles. The molecule has 0 bridgehead atoms. The van der Waals surface area contributed by atoms with Crippen LogP contribution in [0.25, 0.3) is 6.08 Å². The molecular formula is C20H20N2O3. The fraction of sp³-hybridized carbons (Fsp3) is 0.200. The van der Waals surface area contributed by atoms with Crippen LogP contribution in [-0.4, -0.2) is 19.6 Å². The number of ether oxygens (including phenoxy) is 2. The number of amides is 1. The van der Waals surface area contributed by atoms with Crippen LogP contribution in [-0.2, 0) is 4.79 Å². The van der Waals surface area contributed by atoms with Gasteiger partial charge in [0.05, 0.1) is 13.7 Å². The molecule has 5 heteroatoms. The minimum absolute atomic E-state index is 0.0260. The summed E-state index contributed by atoms with van der Waals surface area (Å²) >= 11 is 0. The molecule has 0 spiro atoms. The molecule has 1 amide bonds. The number of rotatable bonds is 7. The van der Waals surface area contributed by atoms with Crippen molar-refractivity contribution in [3.8, 4) is 17.6 Å². The number of anilines is 1. The van der Waals surface area contributed by atoms with Gasteiger partial charge in [-0.2, -0.15) is 5.26 Å². The van der Waals surface area contributed by atoms with Crippen LogP contribution in [0.15, 0.2) is 54.1 Å². The molecule has 0 aliphatic rings. The number of nitrogens with one attached hydrogen (secondary N) is 1. The predicted octanol–water partition coefficient (Wildman–Crippen LogP) is 4.03. The van der Waals surface area contributed by atoms with E-state index in [1.54, 1.807) is 37.5 Å². The molecule has 0 heterocycles. The van der Waals surface area contributed by atoms with E-state index in [2.05, 4.69) is 5.32 Å². The number of carbonyl (C=O) groups excluding carboxylic acids is 1. The first kappa shape index (κ1) is 18.1. The Morgan fingerprint density at radius 1 is 1.12 bits per heavy atom. The standard InChI is InChI=1S/C20H20N2O3/c1-3-12-25-19-8-4-15(5-9-19)13-16(14-21)20(23)22-17-6-10-18(24-2)11-7-17/h4-11,13H,3,12H2,1-2H3,(H,22,23). The highest BCUT2D eigenvalue weighted by atomic mass is 16.5. The molecule has 1 N–H and O–H groups in total. The second-order valence-electron chi connectivity index (χ2n) is 5.27. The summed E-state index contributed by atoms with van der Waals surface area (Å²) in [6.07, 6.45) is 2.48. The minimum Gasteiger partial charge on any atom is -0.497 e. The van der Waals surface area contributed by atoms with E-state index in [1.807, 2.05) is 37.3 Å². The summed E-state index contributed by atoms with van der Waals surface area (Å²) in [6.45, 7) is 2.70. The third-order valence-corrected chi connectivity index (χ3v) is 3.38. The molecule has 0 radical (unpaired) electrons. The topological polar surface area (TPSA) is 71.3 Å². The number of benzene rings is 2. The normalized spacial score (nSPS) is 10.7. The summed E-state index contributed by atoms with van der Waals surface area (Å²) in [5, 5.41) is 12.0. The maximum atomic E-state index is 12.3. The Labute approximate surface area is 147 Å². The van der Waals surface area contributed by atoms with Crippen LogP contribution in [0.1, 0.15) is 18.9 Å². The van der Waals surface area contributed by atoms with Crippen molar-refractivity contribution in [2.24, 2.45) is 0 Å². The van der Waals surface area contributed by atoms with Crippen molar-refractivity contribution in [3.63, 3.8) is 0 Å². The quantitative estimate of drug-likeness (QED) is 0.612. The zero-order valence-electron chi connectivity index (χ0n) is 14.3. The highest BCUT2D eigenvalue weighted by Crippen LogP contribution is 2.17. The van der Waals surface area contributed by atoms with Crippen LogP contribution in [0.5, 0.6) is 11.5 Å². The lowest BCUT2D eigenvalue weighted by atomic mass is 10.1. The van der Waals surface area contributed by atoms with E-state index >= 15 is 0 Å². The molecule has 25 heavy (non-hydrogen) atoms. The minimum atomic E-state index is -0.459. The van der Waals surface area contributed by atoms with Crippen molar-refractivity contribution in [1.82, 2.24) is 0 Å². The van der Waals surface area contributed by atoms with Gasteiger partial charge in [-0.1, -0.05) is 19.1 Å². The number of nitriles is 1. The first-order chi connectivity index (χ1) is 12.2. The van der Waals surface area contributed by atoms with Crippen molar-refractivity contribution in [2.75, 3.05) is 19.0 Å². The predicted molar refractivity (Wildman–Crippen MR) is 97.4 cm³/mol. The summed E-state index contributed by atoms with van der Waals surface area (Å²) in [7, 11) is 1.57. The number of methoxy groups -OCH3 is 1. The van der Waals surface area contributed by atoms with Gasteiger partial charge >= 0.3 is 0 Å². The van der Waals surface area contributed by atoms with E-state index in [1.165, 1.54) is 0 Å². The summed E-state index contributed by atoms with van der Waals surface area (Å²) in [6, 6.07) is 16.1. The zero-order valence-corrected chi connectivity index (χ0v) is 14.3. The van der Waals surface area contributed by atoms with Crippen LogP contribution >= 0.6 is 0 Å². The Morgan fingerprint density at radius 2 is 1.76 bits per heavy atom. The molecule has 2 rings (SSSR count). The molecular weight excluding hydrogens is 316 g/mol. The van der Waals surface area contributed by atoms with E-state index in [0.717, 1.165) is 17.7 Å². The smallest absolute Gasteiger partial charge is 0.266 e. The third-order valence-electron chi connectivity index (χ3n) is 3.38. The Morgan fingerprint density at radius 3 is 2.32 bits per heavy atom. The third kappa shape index (κ3) is 5.40. The highest BCUT2D eigenvalue weighted by Gasteiger charge is 2.09. The maximum absolute atomic E-state index is 12.3. The van der Waals surface area contributed by atoms with Gasteiger partial charge in [0.25, 0.3) is 5.91 Å². The summed E-state index contributed by atoms with van der Waals surface area (Å²) in [4.78, 5) is 12.3. The monoisotopic (exact) mass is 336 g/mol. The van der Waals surface area contributed by atoms with Crippen molar-refractivity contribution < 1.29 is 14.3 Å². The molecule has 5 nitrogen and oxygen atoms in total. The summed E-state index contributed by atoms with van der Waals surface area (Å²) in [5.41, 5.74) is 1.37. The van der Waals surface area contributed by atoms with E-state index in [9.17, 15) is 10.1 Å². The Balaban J connectivity index is 2.07.